The first-order valence-corrected chi connectivity index (χ1v) is 9.55. The molecule has 1 heterocycles. The summed E-state index contributed by atoms with van der Waals surface area (Å²) in [6, 6.07) is 8.18. The van der Waals surface area contributed by atoms with Crippen LogP contribution in [0.5, 0.6) is 0 Å². The molecule has 1 aromatic carbocycles. The molecule has 128 valence electrons. The molecule has 3 N–H and O–H groups in total. The van der Waals surface area contributed by atoms with Crippen molar-refractivity contribution in [2.75, 3.05) is 5.32 Å². The number of aryl methyl sites for hydroxylation is 1. The number of primary amides is 1. The number of benzene rings is 1. The van der Waals surface area contributed by atoms with Crippen LogP contribution in [0.4, 0.5) is 5.00 Å². The molecule has 2 aromatic rings. The molecule has 0 aliphatic carbocycles. The first-order valence-electron chi connectivity index (χ1n) is 7.19. The molecule has 0 unspecified atom stereocenters. The van der Waals surface area contributed by atoms with Gasteiger partial charge in [-0.1, -0.05) is 18.2 Å². The van der Waals surface area contributed by atoms with Gasteiger partial charge in [0.1, 0.15) is 9.21 Å². The summed E-state index contributed by atoms with van der Waals surface area (Å²) in [4.78, 5) is 24.0. The molecule has 0 aliphatic heterocycles. The largest absolute Gasteiger partial charge is 0.366 e. The number of thiophene rings is 1. The highest BCUT2D eigenvalue weighted by molar-refractivity contribution is 7.94. The van der Waals surface area contributed by atoms with Gasteiger partial charge in [-0.2, -0.15) is 0 Å². The molecule has 6 nitrogen and oxygen atoms in total. The van der Waals surface area contributed by atoms with E-state index in [-0.39, 0.29) is 14.8 Å². The van der Waals surface area contributed by atoms with Crippen LogP contribution >= 0.6 is 11.3 Å². The smallest absolute Gasteiger partial charge is 0.256 e. The van der Waals surface area contributed by atoms with Crippen molar-refractivity contribution in [3.63, 3.8) is 0 Å². The maximum Gasteiger partial charge on any atom is 0.256 e. The Bertz CT molecular complexity index is 899. The second-order valence-corrected chi connectivity index (χ2v) is 9.32. The molecule has 0 spiro atoms. The van der Waals surface area contributed by atoms with Gasteiger partial charge in [-0.25, -0.2) is 8.42 Å². The Morgan fingerprint density at radius 2 is 1.79 bits per heavy atom. The average Bonchev–Trinajstić information content (AvgIpc) is 2.92. The van der Waals surface area contributed by atoms with Crippen molar-refractivity contribution >= 4 is 38.0 Å². The summed E-state index contributed by atoms with van der Waals surface area (Å²) in [6.07, 6.45) is 0. The van der Waals surface area contributed by atoms with Gasteiger partial charge in [-0.15, -0.1) is 11.3 Å². The van der Waals surface area contributed by atoms with E-state index in [9.17, 15) is 18.0 Å². The number of hydrogen-bond acceptors (Lipinski definition) is 5. The van der Waals surface area contributed by atoms with Gasteiger partial charge in [0, 0.05) is 5.56 Å². The summed E-state index contributed by atoms with van der Waals surface area (Å²) in [5, 5.41) is 2.09. The van der Waals surface area contributed by atoms with Gasteiger partial charge in [0.05, 0.1) is 10.8 Å². The zero-order valence-corrected chi connectivity index (χ0v) is 15.1. The second-order valence-electron chi connectivity index (χ2n) is 5.54. The molecule has 24 heavy (non-hydrogen) atoms. The van der Waals surface area contributed by atoms with E-state index in [0.717, 1.165) is 16.9 Å². The van der Waals surface area contributed by atoms with Crippen molar-refractivity contribution in [2.24, 2.45) is 5.73 Å². The predicted molar refractivity (Wildman–Crippen MR) is 94.3 cm³/mol. The first kappa shape index (κ1) is 18.2. The Hall–Kier alpha value is -2.19. The predicted octanol–water partition coefficient (Wildman–Crippen LogP) is 2.59. The van der Waals surface area contributed by atoms with Crippen molar-refractivity contribution in [1.29, 1.82) is 0 Å². The van der Waals surface area contributed by atoms with Crippen molar-refractivity contribution in [3.05, 3.63) is 47.0 Å². The number of anilines is 1. The average molecular weight is 366 g/mol. The van der Waals surface area contributed by atoms with E-state index in [1.54, 1.807) is 45.0 Å². The lowest BCUT2D eigenvalue weighted by atomic mass is 10.1. The van der Waals surface area contributed by atoms with Crippen LogP contribution in [0.3, 0.4) is 0 Å². The number of rotatable bonds is 5. The molecule has 8 heteroatoms. The summed E-state index contributed by atoms with van der Waals surface area (Å²) < 4.78 is 24.6. The topological polar surface area (TPSA) is 106 Å². The van der Waals surface area contributed by atoms with E-state index in [4.69, 9.17) is 5.73 Å². The van der Waals surface area contributed by atoms with Crippen LogP contribution in [0.25, 0.3) is 0 Å². The molecule has 0 fully saturated rings. The van der Waals surface area contributed by atoms with E-state index in [1.165, 1.54) is 6.07 Å². The normalized spacial score (nSPS) is 11.5. The zero-order valence-electron chi connectivity index (χ0n) is 13.5. The van der Waals surface area contributed by atoms with Gasteiger partial charge in [-0.05, 0) is 38.5 Å². The van der Waals surface area contributed by atoms with Crippen LogP contribution < -0.4 is 11.1 Å². The highest BCUT2D eigenvalue weighted by Gasteiger charge is 2.26. The summed E-state index contributed by atoms with van der Waals surface area (Å²) in [5.74, 6) is -1.22. The fraction of sp³-hybridized carbons (Fsp3) is 0.250. The molecule has 2 rings (SSSR count). The molecule has 0 saturated carbocycles. The minimum Gasteiger partial charge on any atom is -0.366 e. The lowest BCUT2D eigenvalue weighted by Crippen LogP contribution is -2.17. The second kappa shape index (κ2) is 6.74. The van der Waals surface area contributed by atoms with E-state index < -0.39 is 26.9 Å². The molecule has 0 saturated heterocycles. The number of carbonyl (C=O) groups excluding carboxylic acids is 2. The maximum atomic E-state index is 12.4. The Kier molecular flexibility index (Phi) is 5.10. The highest BCUT2D eigenvalue weighted by atomic mass is 32.2. The van der Waals surface area contributed by atoms with Crippen molar-refractivity contribution < 1.29 is 18.0 Å². The number of hydrogen-bond donors (Lipinski definition) is 2. The molecule has 0 radical (unpaired) electrons. The van der Waals surface area contributed by atoms with Crippen LogP contribution in [0.15, 0.2) is 34.5 Å². The molecule has 0 atom stereocenters. The minimum atomic E-state index is -3.56. The van der Waals surface area contributed by atoms with Crippen molar-refractivity contribution in [3.8, 4) is 0 Å². The third-order valence-electron chi connectivity index (χ3n) is 3.49. The standard InChI is InChI=1S/C16H18N2O4S2/c1-9(2)24(21,22)13-8-12(14(17)19)16(23-13)18-15(20)11-7-5-4-6-10(11)3/h4-9H,1-3H3,(H2,17,19)(H,18,20). The molecule has 1 aromatic heterocycles. The van der Waals surface area contributed by atoms with E-state index >= 15 is 0 Å². The third kappa shape index (κ3) is 3.49. The molecule has 2 amide bonds. The minimum absolute atomic E-state index is 0.00591. The number of carbonyl (C=O) groups is 2. The lowest BCUT2D eigenvalue weighted by Gasteiger charge is -2.07. The molecule has 0 bridgehead atoms. The van der Waals surface area contributed by atoms with Gasteiger partial charge in [0.15, 0.2) is 9.84 Å². The number of nitrogens with two attached hydrogens (primary N) is 1. The van der Waals surface area contributed by atoms with Crippen molar-refractivity contribution in [2.45, 2.75) is 30.2 Å². The van der Waals surface area contributed by atoms with Gasteiger partial charge >= 0.3 is 0 Å². The van der Waals surface area contributed by atoms with Crippen LogP contribution in [0.1, 0.15) is 40.1 Å². The fourth-order valence-electron chi connectivity index (χ4n) is 2.01. The Labute approximate surface area is 144 Å². The molecular weight excluding hydrogens is 348 g/mol. The Balaban J connectivity index is 2.44. The van der Waals surface area contributed by atoms with Crippen LogP contribution in [-0.2, 0) is 9.84 Å². The third-order valence-corrected chi connectivity index (χ3v) is 7.20. The van der Waals surface area contributed by atoms with E-state index in [2.05, 4.69) is 5.32 Å². The summed E-state index contributed by atoms with van der Waals surface area (Å²) in [5.41, 5.74) is 6.51. The Morgan fingerprint density at radius 3 is 2.33 bits per heavy atom. The van der Waals surface area contributed by atoms with Gasteiger partial charge in [0.2, 0.25) is 0 Å². The Morgan fingerprint density at radius 1 is 1.17 bits per heavy atom. The van der Waals surface area contributed by atoms with Gasteiger partial charge in [0.25, 0.3) is 11.8 Å². The molecule has 0 aliphatic rings. The van der Waals surface area contributed by atoms with Crippen LogP contribution in [-0.4, -0.2) is 25.5 Å². The lowest BCUT2D eigenvalue weighted by molar-refractivity contribution is 0.100. The highest BCUT2D eigenvalue weighted by Crippen LogP contribution is 2.33. The van der Waals surface area contributed by atoms with Crippen molar-refractivity contribution in [1.82, 2.24) is 0 Å². The molecular formula is C16H18N2O4S2. The monoisotopic (exact) mass is 366 g/mol. The van der Waals surface area contributed by atoms with Gasteiger partial charge in [-0.3, -0.25) is 9.59 Å². The van der Waals surface area contributed by atoms with E-state index in [1.807, 2.05) is 0 Å². The van der Waals surface area contributed by atoms with E-state index in [0.29, 0.717) is 5.56 Å². The first-order chi connectivity index (χ1) is 11.1. The van der Waals surface area contributed by atoms with Gasteiger partial charge < -0.3 is 11.1 Å². The summed E-state index contributed by atoms with van der Waals surface area (Å²) in [6.45, 7) is 4.88. The summed E-state index contributed by atoms with van der Waals surface area (Å²) >= 11 is 0.831. The fourth-order valence-corrected chi connectivity index (χ4v) is 4.84. The maximum absolute atomic E-state index is 12.4. The van der Waals surface area contributed by atoms with Crippen LogP contribution in [0, 0.1) is 6.92 Å². The van der Waals surface area contributed by atoms with Crippen LogP contribution in [0.2, 0.25) is 0 Å². The summed E-state index contributed by atoms with van der Waals surface area (Å²) in [7, 11) is -3.56. The number of nitrogens with one attached hydrogen (secondary N) is 1. The zero-order chi connectivity index (χ0) is 18.1. The number of sulfone groups is 1. The quantitative estimate of drug-likeness (QED) is 0.848. The SMILES string of the molecule is Cc1ccccc1C(=O)Nc1sc(S(=O)(=O)C(C)C)cc1C(N)=O. The number of amides is 2.